The average Bonchev–Trinajstić information content (AvgIpc) is 2.91. The van der Waals surface area contributed by atoms with Crippen LogP contribution in [0.2, 0.25) is 0 Å². The Balaban J connectivity index is -0.000000122. The number of carboxylic acid groups (broad SMARTS) is 2. The molecular weight excluding hydrogens is 688 g/mol. The molecule has 0 aliphatic rings. The number of nitrogens with zero attached hydrogens (tertiary/aromatic N) is 2. The summed E-state index contributed by atoms with van der Waals surface area (Å²) in [6, 6.07) is 0. The Morgan fingerprint density at radius 3 is 1.47 bits per heavy atom. The third kappa shape index (κ3) is 44.0. The summed E-state index contributed by atoms with van der Waals surface area (Å²) in [6.45, 7) is 9.17. The minimum absolute atomic E-state index is 0. The maximum absolute atomic E-state index is 11.1. The van der Waals surface area contributed by atoms with E-state index in [1.807, 2.05) is 28.2 Å². The Morgan fingerprint density at radius 1 is 0.766 bits per heavy atom. The molecule has 272 valence electrons. The van der Waals surface area contributed by atoms with Crippen LogP contribution in [0.3, 0.4) is 0 Å². The van der Waals surface area contributed by atoms with E-state index in [2.05, 4.69) is 46.0 Å². The molecule has 0 saturated heterocycles. The van der Waals surface area contributed by atoms with Gasteiger partial charge in [-0.05, 0) is 35.0 Å². The number of ether oxygens (including phenoxy) is 1. The van der Waals surface area contributed by atoms with Crippen LogP contribution >= 0.6 is 0 Å². The number of carbonyl (C=O) groups excluding carboxylic acids is 3. The van der Waals surface area contributed by atoms with Crippen molar-refractivity contribution in [3.05, 3.63) is 0 Å². The largest absolute Gasteiger partial charge is 1.00 e. The Morgan fingerprint density at radius 2 is 1.19 bits per heavy atom. The second-order valence-electron chi connectivity index (χ2n) is 10.8. The van der Waals surface area contributed by atoms with Crippen molar-refractivity contribution in [1.29, 1.82) is 0 Å². The molecule has 1 atom stereocenters. The first-order chi connectivity index (χ1) is 20.5. The number of quaternary nitrogens is 2. The topological polar surface area (TPSA) is 266 Å². The molecule has 0 amide bonds. The number of hydrogen-bond donors (Lipinski definition) is 3. The van der Waals surface area contributed by atoms with Crippen molar-refractivity contribution in [1.82, 2.24) is 16.0 Å². The van der Waals surface area contributed by atoms with Crippen molar-refractivity contribution in [2.45, 2.75) is 38.4 Å². The Hall–Kier alpha value is -0.01000. The molecule has 0 aliphatic carbocycles. The molecule has 22 heteroatoms. The van der Waals surface area contributed by atoms with E-state index in [9.17, 15) is 46.0 Å². The summed E-state index contributed by atoms with van der Waals surface area (Å²) in [5, 5.41) is 36.1. The molecule has 3 N–H and O–H groups in total. The Bertz CT molecular complexity index is 1010. The van der Waals surface area contributed by atoms with Crippen molar-refractivity contribution in [3.63, 3.8) is 0 Å². The molecule has 0 fully saturated rings. The minimum Gasteiger partial charge on any atom is -0.747 e. The van der Waals surface area contributed by atoms with E-state index in [1.165, 1.54) is 26.4 Å². The van der Waals surface area contributed by atoms with E-state index in [0.29, 0.717) is 4.48 Å². The Kier molecular flexibility index (Phi) is 41.7. The van der Waals surface area contributed by atoms with Crippen molar-refractivity contribution >= 4 is 38.1 Å². The van der Waals surface area contributed by atoms with Gasteiger partial charge in [0.2, 0.25) is 0 Å². The molecule has 0 aromatic carbocycles. The van der Waals surface area contributed by atoms with Crippen LogP contribution in [-0.2, 0) is 43.7 Å². The number of carboxylic acids is 2. The maximum atomic E-state index is 11.1. The predicted octanol–water partition coefficient (Wildman–Crippen LogP) is -11.4. The normalized spacial score (nSPS) is 11.7. The third-order valence-electron chi connectivity index (χ3n) is 5.81. The van der Waals surface area contributed by atoms with Crippen LogP contribution in [0.1, 0.15) is 33.1 Å². The minimum atomic E-state index is -5.06. The number of rotatable bonds is 20. The molecule has 1 unspecified atom stereocenters. The first-order valence-electron chi connectivity index (χ1n) is 14.1. The van der Waals surface area contributed by atoms with Gasteiger partial charge in [-0.3, -0.25) is 4.79 Å². The van der Waals surface area contributed by atoms with Gasteiger partial charge in [0, 0.05) is 44.9 Å². The zero-order valence-electron chi connectivity index (χ0n) is 30.1. The van der Waals surface area contributed by atoms with Gasteiger partial charge in [-0.15, -0.1) is 0 Å². The SMILES string of the molecule is CCS(=O)(=O)O[O-].CC[N+](C)(C)CCCNC.CNCCC[N+](C)(C)CC(=O)[O-].CNCCOC(=O)C(CC(=O)[O-])S(=O)(=O)[O-].[Na+].[Na+]. The zero-order valence-corrected chi connectivity index (χ0v) is 35.7. The van der Waals surface area contributed by atoms with Gasteiger partial charge in [-0.1, -0.05) is 0 Å². The van der Waals surface area contributed by atoms with Crippen LogP contribution in [0.25, 0.3) is 0 Å². The fourth-order valence-corrected chi connectivity index (χ4v) is 3.54. The van der Waals surface area contributed by atoms with Gasteiger partial charge in [-0.2, -0.15) is 0 Å². The van der Waals surface area contributed by atoms with Crippen molar-refractivity contribution in [2.75, 3.05) is 108 Å². The standard InChI is InChI=1S/C8H18N2O2.C8H21N2.C7H13NO7S.C2H6O4S.2Na/c1-9-5-4-6-10(2,3)7-8(11)12;1-5-10(3,4)8-6-7-9-2;1-8-2-3-15-7(11)5(4-6(9)10)16(12,13)14;1-2-7(4,5)6-3;;/h9H,4-7H2,1-3H3;9H,5-8H2,1-4H3;5,8H,2-4H2,1H3,(H,9,10)(H,12,13,14);3H,2H2,1H3;;/q;+1;;;2*+1/p-3. The first kappa shape index (κ1) is 59.2. The van der Waals surface area contributed by atoms with Gasteiger partial charge in [-0.25, -0.2) is 16.8 Å². The number of aliphatic carboxylic acids is 2. The monoisotopic (exact) mass is 743 g/mol. The first-order valence-corrected chi connectivity index (χ1v) is 17.2. The van der Waals surface area contributed by atoms with Crippen molar-refractivity contribution in [2.24, 2.45) is 0 Å². The second-order valence-corrected chi connectivity index (χ2v) is 14.2. The van der Waals surface area contributed by atoms with E-state index in [1.54, 1.807) is 7.05 Å². The molecule has 0 aliphatic heterocycles. The average molecular weight is 744 g/mol. The summed E-state index contributed by atoms with van der Waals surface area (Å²) >= 11 is 0. The molecule has 0 heterocycles. The number of carbonyl (C=O) groups is 3. The smallest absolute Gasteiger partial charge is 0.747 e. The summed E-state index contributed by atoms with van der Waals surface area (Å²) in [6.07, 6.45) is 1.05. The van der Waals surface area contributed by atoms with Gasteiger partial charge in [0.15, 0.2) is 5.25 Å². The molecular formula is C25H55N5Na2O13S2. The van der Waals surface area contributed by atoms with Crippen LogP contribution in [0.5, 0.6) is 0 Å². The maximum Gasteiger partial charge on any atom is 1.00 e. The van der Waals surface area contributed by atoms with Gasteiger partial charge >= 0.3 is 65.1 Å². The summed E-state index contributed by atoms with van der Waals surface area (Å²) < 4.78 is 60.2. The van der Waals surface area contributed by atoms with Gasteiger partial charge < -0.3 is 63.6 Å². The molecule has 47 heavy (non-hydrogen) atoms. The molecule has 0 aromatic heterocycles. The molecule has 0 radical (unpaired) electrons. The number of likely N-dealkylation sites (N-methyl/N-ethyl adjacent to an activating group) is 2. The van der Waals surface area contributed by atoms with E-state index < -0.39 is 49.8 Å². The number of esters is 1. The fourth-order valence-electron chi connectivity index (χ4n) is 2.80. The van der Waals surface area contributed by atoms with Gasteiger partial charge in [0.05, 0.1) is 59.5 Å². The quantitative estimate of drug-likeness (QED) is 0.0199. The number of hydrogen-bond acceptors (Lipinski definition) is 16. The fraction of sp³-hybridized carbons (Fsp3) is 0.880. The van der Waals surface area contributed by atoms with E-state index in [4.69, 9.17) is 5.26 Å². The van der Waals surface area contributed by atoms with Crippen molar-refractivity contribution < 1.29 is 128 Å². The summed E-state index contributed by atoms with van der Waals surface area (Å²) in [5.74, 6) is -4.44. The molecule has 0 spiro atoms. The van der Waals surface area contributed by atoms with Crippen LogP contribution in [-0.4, -0.2) is 161 Å². The van der Waals surface area contributed by atoms with E-state index in [-0.39, 0.29) is 84.6 Å². The summed E-state index contributed by atoms with van der Waals surface area (Å²) in [5.41, 5.74) is 0. The van der Waals surface area contributed by atoms with E-state index in [0.717, 1.165) is 30.5 Å². The zero-order chi connectivity index (χ0) is 36.3. The summed E-state index contributed by atoms with van der Waals surface area (Å²) in [4.78, 5) is 31.5. The number of nitrogens with one attached hydrogen (secondary N) is 3. The molecule has 0 aromatic rings. The predicted molar refractivity (Wildman–Crippen MR) is 160 cm³/mol. The molecule has 0 bridgehead atoms. The molecule has 18 nitrogen and oxygen atoms in total. The van der Waals surface area contributed by atoms with Crippen molar-refractivity contribution in [3.8, 4) is 0 Å². The van der Waals surface area contributed by atoms with Crippen LogP contribution in [0.15, 0.2) is 0 Å². The third-order valence-corrected chi connectivity index (χ3v) is 7.78. The van der Waals surface area contributed by atoms with Crippen LogP contribution in [0.4, 0.5) is 0 Å². The Labute approximate surface area is 325 Å². The molecule has 0 rings (SSSR count). The van der Waals surface area contributed by atoms with E-state index >= 15 is 0 Å². The second kappa shape index (κ2) is 33.2. The van der Waals surface area contributed by atoms with Gasteiger partial charge in [0.25, 0.3) is 10.1 Å². The van der Waals surface area contributed by atoms with Crippen LogP contribution in [0, 0.1) is 0 Å². The van der Waals surface area contributed by atoms with Gasteiger partial charge in [0.1, 0.15) is 23.3 Å². The van der Waals surface area contributed by atoms with Crippen LogP contribution < -0.4 is 90.5 Å². The summed E-state index contributed by atoms with van der Waals surface area (Å²) in [7, 11) is 5.02. The molecule has 0 saturated carbocycles.